The zero-order valence-electron chi connectivity index (χ0n) is 18.6. The third kappa shape index (κ3) is 5.38. The molecular weight excluding hydrogens is 436 g/mol. The quantitative estimate of drug-likeness (QED) is 0.514. The summed E-state index contributed by atoms with van der Waals surface area (Å²) < 4.78 is 11.1. The Balaban J connectivity index is 1.52. The van der Waals surface area contributed by atoms with Gasteiger partial charge in [0.2, 0.25) is 11.8 Å². The second-order valence-electron chi connectivity index (χ2n) is 7.72. The number of amides is 2. The van der Waals surface area contributed by atoms with Gasteiger partial charge in [0.15, 0.2) is 0 Å². The Bertz CT molecular complexity index is 1140. The lowest BCUT2D eigenvalue weighted by Gasteiger charge is -2.27. The van der Waals surface area contributed by atoms with Gasteiger partial charge in [-0.1, -0.05) is 54.6 Å². The number of anilines is 2. The summed E-state index contributed by atoms with van der Waals surface area (Å²) in [7, 11) is 1.60. The lowest BCUT2D eigenvalue weighted by molar-refractivity contribution is -0.121. The minimum Gasteiger partial charge on any atom is -0.495 e. The van der Waals surface area contributed by atoms with Crippen LogP contribution in [0.5, 0.6) is 5.75 Å². The Kier molecular flexibility index (Phi) is 7.32. The molecule has 6 nitrogen and oxygen atoms in total. The van der Waals surface area contributed by atoms with E-state index in [0.29, 0.717) is 23.8 Å². The van der Waals surface area contributed by atoms with Crippen molar-refractivity contribution in [1.82, 2.24) is 0 Å². The number of nitrogens with zero attached hydrogens (tertiary/aromatic N) is 1. The normalized spacial score (nSPS) is 15.5. The van der Waals surface area contributed by atoms with Crippen LogP contribution < -0.4 is 15.0 Å². The first-order chi connectivity index (χ1) is 16.1. The molecule has 4 rings (SSSR count). The topological polar surface area (TPSA) is 67.9 Å². The Morgan fingerprint density at radius 3 is 2.64 bits per heavy atom. The van der Waals surface area contributed by atoms with Gasteiger partial charge in [-0.05, 0) is 36.2 Å². The molecule has 3 aromatic carbocycles. The number of hydrogen-bond acceptors (Lipinski definition) is 5. The third-order valence-corrected chi connectivity index (χ3v) is 6.50. The number of methoxy groups -OCH3 is 1. The minimum absolute atomic E-state index is 0.00113. The maximum absolute atomic E-state index is 12.9. The van der Waals surface area contributed by atoms with Crippen molar-refractivity contribution in [2.24, 2.45) is 0 Å². The Labute approximate surface area is 197 Å². The molecule has 2 amide bonds. The molecule has 1 unspecified atom stereocenters. The zero-order chi connectivity index (χ0) is 23.2. The third-order valence-electron chi connectivity index (χ3n) is 5.31. The molecule has 1 N–H and O–H groups in total. The number of carbonyl (C=O) groups excluding carboxylic acids is 2. The van der Waals surface area contributed by atoms with Gasteiger partial charge in [0.25, 0.3) is 0 Å². The zero-order valence-corrected chi connectivity index (χ0v) is 19.4. The maximum Gasteiger partial charge on any atom is 0.250 e. The fourth-order valence-electron chi connectivity index (χ4n) is 3.75. The summed E-state index contributed by atoms with van der Waals surface area (Å²) in [5, 5.41) is 2.67. The summed E-state index contributed by atoms with van der Waals surface area (Å²) in [6.45, 7) is 2.29. The number of rotatable bonds is 8. The molecule has 1 heterocycles. The van der Waals surface area contributed by atoms with Crippen molar-refractivity contribution in [3.05, 3.63) is 89.5 Å². The SMILES string of the molecule is COc1ccc(C)cc1N1C(=O)CSC1c1ccccc1NC(=O)COCc1ccccc1. The van der Waals surface area contributed by atoms with Crippen molar-refractivity contribution in [2.75, 3.05) is 29.7 Å². The number of ether oxygens (including phenoxy) is 2. The molecule has 1 aliphatic rings. The molecule has 1 fully saturated rings. The van der Waals surface area contributed by atoms with Crippen molar-refractivity contribution in [1.29, 1.82) is 0 Å². The summed E-state index contributed by atoms with van der Waals surface area (Å²) in [4.78, 5) is 27.2. The van der Waals surface area contributed by atoms with Gasteiger partial charge < -0.3 is 14.8 Å². The van der Waals surface area contributed by atoms with Crippen LogP contribution in [0.4, 0.5) is 11.4 Å². The molecule has 0 aromatic heterocycles. The van der Waals surface area contributed by atoms with Gasteiger partial charge in [-0.25, -0.2) is 0 Å². The van der Waals surface area contributed by atoms with E-state index in [0.717, 1.165) is 22.4 Å². The molecule has 0 saturated carbocycles. The average molecular weight is 463 g/mol. The predicted molar refractivity (Wildman–Crippen MR) is 132 cm³/mol. The van der Waals surface area contributed by atoms with Crippen LogP contribution >= 0.6 is 11.8 Å². The number of para-hydroxylation sites is 1. The van der Waals surface area contributed by atoms with Gasteiger partial charge in [-0.2, -0.15) is 0 Å². The number of thioether (sulfide) groups is 1. The van der Waals surface area contributed by atoms with Gasteiger partial charge >= 0.3 is 0 Å². The van der Waals surface area contributed by atoms with Gasteiger partial charge in [-0.15, -0.1) is 11.8 Å². The highest BCUT2D eigenvalue weighted by atomic mass is 32.2. The fourth-order valence-corrected chi connectivity index (χ4v) is 4.96. The molecule has 0 bridgehead atoms. The maximum atomic E-state index is 12.9. The summed E-state index contributed by atoms with van der Waals surface area (Å²) in [5.41, 5.74) is 4.29. The second kappa shape index (κ2) is 10.6. The molecule has 170 valence electrons. The molecule has 0 aliphatic carbocycles. The van der Waals surface area contributed by atoms with Gasteiger partial charge in [-0.3, -0.25) is 14.5 Å². The molecular formula is C26H26N2O4S. The summed E-state index contributed by atoms with van der Waals surface area (Å²) in [6, 6.07) is 23.0. The minimum atomic E-state index is -0.282. The second-order valence-corrected chi connectivity index (χ2v) is 8.78. The molecule has 0 spiro atoms. The van der Waals surface area contributed by atoms with Gasteiger partial charge in [0, 0.05) is 11.3 Å². The number of carbonyl (C=O) groups is 2. The Hall–Kier alpha value is -3.29. The van der Waals surface area contributed by atoms with Gasteiger partial charge in [0.05, 0.1) is 25.2 Å². The van der Waals surface area contributed by atoms with Crippen molar-refractivity contribution >= 4 is 35.0 Å². The van der Waals surface area contributed by atoms with Crippen LogP contribution in [-0.2, 0) is 20.9 Å². The van der Waals surface area contributed by atoms with E-state index >= 15 is 0 Å². The lowest BCUT2D eigenvalue weighted by atomic mass is 10.1. The van der Waals surface area contributed by atoms with Crippen molar-refractivity contribution in [2.45, 2.75) is 18.9 Å². The summed E-state index contributed by atoms with van der Waals surface area (Å²) >= 11 is 1.53. The fraction of sp³-hybridized carbons (Fsp3) is 0.231. The van der Waals surface area contributed by atoms with E-state index in [1.54, 1.807) is 12.0 Å². The largest absolute Gasteiger partial charge is 0.495 e. The first-order valence-corrected chi connectivity index (χ1v) is 11.7. The lowest BCUT2D eigenvalue weighted by Crippen LogP contribution is -2.29. The molecule has 1 saturated heterocycles. The Morgan fingerprint density at radius 2 is 1.85 bits per heavy atom. The van der Waals surface area contributed by atoms with E-state index in [9.17, 15) is 9.59 Å². The highest BCUT2D eigenvalue weighted by Crippen LogP contribution is 2.46. The van der Waals surface area contributed by atoms with Crippen LogP contribution in [0.1, 0.15) is 22.1 Å². The molecule has 1 atom stereocenters. The van der Waals surface area contributed by atoms with E-state index in [-0.39, 0.29) is 23.8 Å². The number of nitrogens with one attached hydrogen (secondary N) is 1. The first-order valence-electron chi connectivity index (χ1n) is 10.7. The van der Waals surface area contributed by atoms with Crippen LogP contribution in [-0.4, -0.2) is 31.3 Å². The number of benzene rings is 3. The summed E-state index contributed by atoms with van der Waals surface area (Å²) in [5.74, 6) is 0.746. The number of hydrogen-bond donors (Lipinski definition) is 1. The van der Waals surface area contributed by atoms with Crippen molar-refractivity contribution in [3.63, 3.8) is 0 Å². The van der Waals surface area contributed by atoms with Crippen LogP contribution in [0.15, 0.2) is 72.8 Å². The predicted octanol–water partition coefficient (Wildman–Crippen LogP) is 4.94. The Morgan fingerprint density at radius 1 is 1.09 bits per heavy atom. The molecule has 7 heteroatoms. The van der Waals surface area contributed by atoms with E-state index in [4.69, 9.17) is 9.47 Å². The van der Waals surface area contributed by atoms with Crippen LogP contribution in [0.3, 0.4) is 0 Å². The monoisotopic (exact) mass is 462 g/mol. The smallest absolute Gasteiger partial charge is 0.250 e. The van der Waals surface area contributed by atoms with E-state index < -0.39 is 0 Å². The standard InChI is InChI=1S/C26H26N2O4S/c1-18-12-13-23(31-2)22(14-18)28-25(30)17-33-26(28)20-10-6-7-11-21(20)27-24(29)16-32-15-19-8-4-3-5-9-19/h3-14,26H,15-17H2,1-2H3,(H,27,29). The summed E-state index contributed by atoms with van der Waals surface area (Å²) in [6.07, 6.45) is 0. The molecule has 33 heavy (non-hydrogen) atoms. The molecule has 0 radical (unpaired) electrons. The van der Waals surface area contributed by atoms with Crippen LogP contribution in [0, 0.1) is 6.92 Å². The van der Waals surface area contributed by atoms with Crippen LogP contribution in [0.25, 0.3) is 0 Å². The van der Waals surface area contributed by atoms with E-state index in [2.05, 4.69) is 5.32 Å². The highest BCUT2D eigenvalue weighted by Gasteiger charge is 2.37. The van der Waals surface area contributed by atoms with Crippen LogP contribution in [0.2, 0.25) is 0 Å². The van der Waals surface area contributed by atoms with Crippen molar-refractivity contribution < 1.29 is 19.1 Å². The number of aryl methyl sites for hydroxylation is 1. The van der Waals surface area contributed by atoms with Gasteiger partial charge in [0.1, 0.15) is 17.7 Å². The molecule has 3 aromatic rings. The average Bonchev–Trinajstić information content (AvgIpc) is 3.21. The van der Waals surface area contributed by atoms with E-state index in [1.165, 1.54) is 11.8 Å². The molecule has 1 aliphatic heterocycles. The van der Waals surface area contributed by atoms with E-state index in [1.807, 2.05) is 79.7 Å². The highest BCUT2D eigenvalue weighted by molar-refractivity contribution is 8.00. The van der Waals surface area contributed by atoms with Crippen molar-refractivity contribution in [3.8, 4) is 5.75 Å². The first kappa shape index (κ1) is 22.9.